The fourth-order valence-corrected chi connectivity index (χ4v) is 3.65. The first-order valence-electron chi connectivity index (χ1n) is 9.23. The number of aromatic amines is 1. The fourth-order valence-electron chi connectivity index (χ4n) is 3.65. The van der Waals surface area contributed by atoms with Crippen molar-refractivity contribution in [1.82, 2.24) is 20.5 Å². The maximum absolute atomic E-state index is 12.1. The molecule has 1 aliphatic carbocycles. The van der Waals surface area contributed by atoms with Crippen LogP contribution >= 0.6 is 0 Å². The van der Waals surface area contributed by atoms with Gasteiger partial charge in [0.05, 0.1) is 12.6 Å². The first kappa shape index (κ1) is 18.9. The number of hydrogen-bond donors (Lipinski definition) is 4. The van der Waals surface area contributed by atoms with E-state index in [-0.39, 0.29) is 12.3 Å². The number of aryl methyl sites for hydroxylation is 1. The van der Waals surface area contributed by atoms with Crippen molar-refractivity contribution < 1.29 is 19.1 Å². The standard InChI is InChI=1S/C18H25N5O4/c1-11-20-10-14(27-11)8-17(24)21-16-9-15(22-23-16)13-5-4-12(7-13)3-2-6-19-18(25)26/h9-10,12-13,19H,2-8H2,1H3,(H,25,26)(H2,21,22,23,24)/t12-,13-/m0/s1. The van der Waals surface area contributed by atoms with Crippen LogP contribution in [0.25, 0.3) is 0 Å². The number of carbonyl (C=O) groups excluding carboxylic acids is 1. The number of hydrogen-bond acceptors (Lipinski definition) is 5. The zero-order chi connectivity index (χ0) is 19.2. The second-order valence-electron chi connectivity index (χ2n) is 7.03. The van der Waals surface area contributed by atoms with E-state index in [0.29, 0.717) is 35.8 Å². The molecule has 0 spiro atoms. The van der Waals surface area contributed by atoms with Gasteiger partial charge in [-0.05, 0) is 38.0 Å². The lowest BCUT2D eigenvalue weighted by molar-refractivity contribution is -0.115. The number of nitrogens with zero attached hydrogens (tertiary/aromatic N) is 2. The molecular weight excluding hydrogens is 350 g/mol. The molecule has 1 saturated carbocycles. The highest BCUT2D eigenvalue weighted by Crippen LogP contribution is 2.39. The molecule has 9 nitrogen and oxygen atoms in total. The second kappa shape index (κ2) is 8.70. The van der Waals surface area contributed by atoms with Crippen LogP contribution < -0.4 is 10.6 Å². The molecule has 1 fully saturated rings. The van der Waals surface area contributed by atoms with Crippen molar-refractivity contribution in [3.63, 3.8) is 0 Å². The summed E-state index contributed by atoms with van der Waals surface area (Å²) in [5, 5.41) is 21.0. The third-order valence-corrected chi connectivity index (χ3v) is 4.92. The molecule has 0 saturated heterocycles. The lowest BCUT2D eigenvalue weighted by Crippen LogP contribution is -2.22. The van der Waals surface area contributed by atoms with Crippen LogP contribution in [0.2, 0.25) is 0 Å². The zero-order valence-electron chi connectivity index (χ0n) is 15.3. The molecule has 1 aliphatic rings. The smallest absolute Gasteiger partial charge is 0.404 e. The molecule has 0 unspecified atom stereocenters. The van der Waals surface area contributed by atoms with Gasteiger partial charge in [0, 0.05) is 31.1 Å². The monoisotopic (exact) mass is 375 g/mol. The van der Waals surface area contributed by atoms with Crippen LogP contribution in [0.15, 0.2) is 16.7 Å². The molecule has 2 amide bonds. The SMILES string of the molecule is Cc1ncc(CC(=O)Nc2cc([C@H]3CC[C@H](CCCNC(=O)O)C3)[nH]n2)o1. The summed E-state index contributed by atoms with van der Waals surface area (Å²) in [5.41, 5.74) is 1.03. The molecule has 2 heterocycles. The number of anilines is 1. The minimum absolute atomic E-state index is 0.124. The average molecular weight is 375 g/mol. The van der Waals surface area contributed by atoms with E-state index in [9.17, 15) is 9.59 Å². The Hall–Kier alpha value is -2.84. The van der Waals surface area contributed by atoms with Crippen molar-refractivity contribution in [2.75, 3.05) is 11.9 Å². The van der Waals surface area contributed by atoms with Crippen molar-refractivity contribution in [2.24, 2.45) is 5.92 Å². The molecule has 146 valence electrons. The van der Waals surface area contributed by atoms with E-state index in [4.69, 9.17) is 9.52 Å². The predicted octanol–water partition coefficient (Wildman–Crippen LogP) is 2.82. The van der Waals surface area contributed by atoms with Gasteiger partial charge in [-0.2, -0.15) is 5.10 Å². The van der Waals surface area contributed by atoms with E-state index in [1.54, 1.807) is 13.1 Å². The second-order valence-corrected chi connectivity index (χ2v) is 7.03. The number of amides is 2. The Labute approximate surface area is 156 Å². The molecule has 2 atom stereocenters. The highest BCUT2D eigenvalue weighted by atomic mass is 16.4. The predicted molar refractivity (Wildman–Crippen MR) is 97.5 cm³/mol. The Morgan fingerprint density at radius 1 is 1.41 bits per heavy atom. The lowest BCUT2D eigenvalue weighted by atomic mass is 9.98. The van der Waals surface area contributed by atoms with Gasteiger partial charge in [0.1, 0.15) is 5.76 Å². The molecule has 0 bridgehead atoms. The molecule has 4 N–H and O–H groups in total. The summed E-state index contributed by atoms with van der Waals surface area (Å²) in [6.07, 6.45) is 5.84. The van der Waals surface area contributed by atoms with Gasteiger partial charge in [0.15, 0.2) is 11.7 Å². The highest BCUT2D eigenvalue weighted by molar-refractivity contribution is 5.91. The van der Waals surface area contributed by atoms with Crippen molar-refractivity contribution in [3.05, 3.63) is 29.6 Å². The summed E-state index contributed by atoms with van der Waals surface area (Å²) in [7, 11) is 0. The fraction of sp³-hybridized carbons (Fsp3) is 0.556. The number of rotatable bonds is 8. The number of aromatic nitrogens is 3. The molecule has 27 heavy (non-hydrogen) atoms. The average Bonchev–Trinajstić information content (AvgIpc) is 3.33. The van der Waals surface area contributed by atoms with E-state index < -0.39 is 6.09 Å². The lowest BCUT2D eigenvalue weighted by Gasteiger charge is -2.10. The summed E-state index contributed by atoms with van der Waals surface area (Å²) < 4.78 is 5.31. The van der Waals surface area contributed by atoms with E-state index in [0.717, 1.165) is 37.8 Å². The van der Waals surface area contributed by atoms with Gasteiger partial charge in [-0.1, -0.05) is 0 Å². The summed E-state index contributed by atoms with van der Waals surface area (Å²) >= 11 is 0. The molecule has 0 aliphatic heterocycles. The number of carboxylic acid groups (broad SMARTS) is 1. The van der Waals surface area contributed by atoms with E-state index in [1.165, 1.54) is 0 Å². The van der Waals surface area contributed by atoms with Crippen molar-refractivity contribution >= 4 is 17.8 Å². The first-order chi connectivity index (χ1) is 13.0. The Morgan fingerprint density at radius 3 is 3.00 bits per heavy atom. The largest absolute Gasteiger partial charge is 0.465 e. The molecule has 3 rings (SSSR count). The Kier molecular flexibility index (Phi) is 6.10. The van der Waals surface area contributed by atoms with Crippen molar-refractivity contribution in [2.45, 2.75) is 51.4 Å². The first-order valence-corrected chi connectivity index (χ1v) is 9.23. The minimum atomic E-state index is -0.968. The Balaban J connectivity index is 1.43. The van der Waals surface area contributed by atoms with Gasteiger partial charge in [-0.15, -0.1) is 0 Å². The maximum Gasteiger partial charge on any atom is 0.404 e. The van der Waals surface area contributed by atoms with E-state index in [1.807, 2.05) is 6.07 Å². The van der Waals surface area contributed by atoms with Crippen LogP contribution in [0.4, 0.5) is 10.6 Å². The van der Waals surface area contributed by atoms with Crippen LogP contribution in [0.1, 0.15) is 55.4 Å². The van der Waals surface area contributed by atoms with E-state index >= 15 is 0 Å². The normalized spacial score (nSPS) is 19.1. The Bertz CT molecular complexity index is 784. The molecule has 2 aromatic heterocycles. The van der Waals surface area contributed by atoms with Gasteiger partial charge in [-0.25, -0.2) is 9.78 Å². The molecule has 0 aromatic carbocycles. The number of oxazole rings is 1. The number of H-pyrrole nitrogens is 1. The van der Waals surface area contributed by atoms with Crippen LogP contribution in [-0.4, -0.2) is 38.8 Å². The van der Waals surface area contributed by atoms with Crippen LogP contribution in [0.5, 0.6) is 0 Å². The summed E-state index contributed by atoms with van der Waals surface area (Å²) in [5.74, 6) is 2.38. The maximum atomic E-state index is 12.1. The highest BCUT2D eigenvalue weighted by Gasteiger charge is 2.27. The van der Waals surface area contributed by atoms with Crippen LogP contribution in [0, 0.1) is 12.8 Å². The van der Waals surface area contributed by atoms with Crippen molar-refractivity contribution in [1.29, 1.82) is 0 Å². The number of nitrogens with one attached hydrogen (secondary N) is 3. The molecule has 2 aromatic rings. The molecule has 9 heteroatoms. The van der Waals surface area contributed by atoms with Crippen molar-refractivity contribution in [3.8, 4) is 0 Å². The quantitative estimate of drug-likeness (QED) is 0.524. The molecule has 0 radical (unpaired) electrons. The minimum Gasteiger partial charge on any atom is -0.465 e. The van der Waals surface area contributed by atoms with Crippen LogP contribution in [-0.2, 0) is 11.2 Å². The van der Waals surface area contributed by atoms with Gasteiger partial charge in [0.2, 0.25) is 5.91 Å². The summed E-state index contributed by atoms with van der Waals surface area (Å²) in [6, 6.07) is 1.89. The summed E-state index contributed by atoms with van der Waals surface area (Å²) in [6.45, 7) is 2.24. The third kappa shape index (κ3) is 5.57. The van der Waals surface area contributed by atoms with Crippen LogP contribution in [0.3, 0.4) is 0 Å². The third-order valence-electron chi connectivity index (χ3n) is 4.92. The zero-order valence-corrected chi connectivity index (χ0v) is 15.3. The van der Waals surface area contributed by atoms with Gasteiger partial charge in [0.25, 0.3) is 0 Å². The summed E-state index contributed by atoms with van der Waals surface area (Å²) in [4.78, 5) is 26.5. The number of carbonyl (C=O) groups is 2. The van der Waals surface area contributed by atoms with Gasteiger partial charge >= 0.3 is 6.09 Å². The van der Waals surface area contributed by atoms with Gasteiger partial charge in [-0.3, -0.25) is 9.89 Å². The molecular formula is C18H25N5O4. The Morgan fingerprint density at radius 2 is 2.26 bits per heavy atom. The topological polar surface area (TPSA) is 133 Å². The van der Waals surface area contributed by atoms with E-state index in [2.05, 4.69) is 25.8 Å². The van der Waals surface area contributed by atoms with Gasteiger partial charge < -0.3 is 20.2 Å².